The average Bonchev–Trinajstić information content (AvgIpc) is 2.77. The molecule has 0 bridgehead atoms. The van der Waals surface area contributed by atoms with Crippen molar-refractivity contribution in [3.8, 4) is 0 Å². The van der Waals surface area contributed by atoms with Crippen LogP contribution in [0.25, 0.3) is 0 Å². The summed E-state index contributed by atoms with van der Waals surface area (Å²) >= 11 is 0. The first kappa shape index (κ1) is 16.8. The molecule has 2 rings (SSSR count). The molecule has 1 saturated carbocycles. The van der Waals surface area contributed by atoms with E-state index in [9.17, 15) is 13.2 Å². The van der Waals surface area contributed by atoms with Gasteiger partial charge in [0.2, 0.25) is 15.9 Å². The number of nitrogens with one attached hydrogen (secondary N) is 2. The third kappa shape index (κ3) is 4.71. The van der Waals surface area contributed by atoms with Crippen LogP contribution in [-0.4, -0.2) is 26.6 Å². The second-order valence-electron chi connectivity index (χ2n) is 6.01. The Labute approximate surface area is 131 Å². The summed E-state index contributed by atoms with van der Waals surface area (Å²) in [6.45, 7) is 1.80. The van der Waals surface area contributed by atoms with Gasteiger partial charge < -0.3 is 11.1 Å². The molecule has 1 aromatic carbocycles. The van der Waals surface area contributed by atoms with Crippen molar-refractivity contribution in [3.05, 3.63) is 23.8 Å². The number of carbonyl (C=O) groups excluding carboxylic acids is 1. The lowest BCUT2D eigenvalue weighted by Crippen LogP contribution is -2.28. The van der Waals surface area contributed by atoms with Crippen molar-refractivity contribution in [2.75, 3.05) is 16.3 Å². The van der Waals surface area contributed by atoms with Crippen LogP contribution in [0.15, 0.2) is 18.2 Å². The van der Waals surface area contributed by atoms with Gasteiger partial charge in [-0.25, -0.2) is 8.42 Å². The molecule has 1 amide bonds. The highest BCUT2D eigenvalue weighted by molar-refractivity contribution is 7.92. The number of amides is 1. The first-order valence-corrected chi connectivity index (χ1v) is 9.27. The lowest BCUT2D eigenvalue weighted by molar-refractivity contribution is -0.117. The summed E-state index contributed by atoms with van der Waals surface area (Å²) in [6.07, 6.45) is 4.55. The SMILES string of the molecule is Cc1ccc(NC(=O)C[C@@H]2CCC[C@H]2N)cc1NS(C)(=O)=O. The van der Waals surface area contributed by atoms with E-state index < -0.39 is 10.0 Å². The molecular weight excluding hydrogens is 302 g/mol. The Hall–Kier alpha value is -1.60. The molecule has 2 atom stereocenters. The van der Waals surface area contributed by atoms with Crippen LogP contribution < -0.4 is 15.8 Å². The molecule has 0 aliphatic heterocycles. The van der Waals surface area contributed by atoms with Crippen LogP contribution in [0, 0.1) is 12.8 Å². The molecule has 7 heteroatoms. The second kappa shape index (κ2) is 6.66. The van der Waals surface area contributed by atoms with Crippen molar-refractivity contribution in [2.45, 2.75) is 38.6 Å². The number of anilines is 2. The molecule has 22 heavy (non-hydrogen) atoms. The van der Waals surface area contributed by atoms with E-state index in [1.165, 1.54) is 0 Å². The average molecular weight is 325 g/mol. The molecular formula is C15H23N3O3S. The molecule has 0 radical (unpaired) electrons. The molecule has 0 saturated heterocycles. The van der Waals surface area contributed by atoms with Gasteiger partial charge in [0.15, 0.2) is 0 Å². The predicted octanol–water partition coefficient (Wildman–Crippen LogP) is 1.82. The van der Waals surface area contributed by atoms with Gasteiger partial charge >= 0.3 is 0 Å². The van der Waals surface area contributed by atoms with E-state index in [0.29, 0.717) is 17.8 Å². The van der Waals surface area contributed by atoms with Gasteiger partial charge in [-0.15, -0.1) is 0 Å². The predicted molar refractivity (Wildman–Crippen MR) is 88.2 cm³/mol. The molecule has 0 spiro atoms. The summed E-state index contributed by atoms with van der Waals surface area (Å²) in [7, 11) is -3.35. The van der Waals surface area contributed by atoms with Gasteiger partial charge in [0, 0.05) is 18.2 Å². The van der Waals surface area contributed by atoms with E-state index in [1.807, 2.05) is 0 Å². The molecule has 1 aliphatic carbocycles. The summed E-state index contributed by atoms with van der Waals surface area (Å²) < 4.78 is 25.1. The van der Waals surface area contributed by atoms with Crippen molar-refractivity contribution in [3.63, 3.8) is 0 Å². The molecule has 1 aromatic rings. The van der Waals surface area contributed by atoms with Crippen LogP contribution >= 0.6 is 0 Å². The van der Waals surface area contributed by atoms with Crippen LogP contribution in [0.2, 0.25) is 0 Å². The normalized spacial score (nSPS) is 21.6. The maximum absolute atomic E-state index is 12.1. The Morgan fingerprint density at radius 1 is 1.36 bits per heavy atom. The zero-order chi connectivity index (χ0) is 16.3. The number of carbonyl (C=O) groups is 1. The van der Waals surface area contributed by atoms with Crippen molar-refractivity contribution in [1.29, 1.82) is 0 Å². The van der Waals surface area contributed by atoms with Gasteiger partial charge in [-0.2, -0.15) is 0 Å². The molecule has 1 aliphatic rings. The Kier molecular flexibility index (Phi) is 5.08. The second-order valence-corrected chi connectivity index (χ2v) is 7.76. The van der Waals surface area contributed by atoms with Gasteiger partial charge in [-0.1, -0.05) is 12.5 Å². The Morgan fingerprint density at radius 3 is 2.68 bits per heavy atom. The third-order valence-electron chi connectivity index (χ3n) is 3.98. The first-order chi connectivity index (χ1) is 10.2. The molecule has 122 valence electrons. The van der Waals surface area contributed by atoms with Gasteiger partial charge in [-0.3, -0.25) is 9.52 Å². The fraction of sp³-hybridized carbons (Fsp3) is 0.533. The van der Waals surface area contributed by atoms with Gasteiger partial charge in [0.05, 0.1) is 11.9 Å². The largest absolute Gasteiger partial charge is 0.327 e. The topological polar surface area (TPSA) is 101 Å². The van der Waals surface area contributed by atoms with E-state index in [2.05, 4.69) is 10.0 Å². The van der Waals surface area contributed by atoms with Gasteiger partial charge in [0.25, 0.3) is 0 Å². The molecule has 0 unspecified atom stereocenters. The monoisotopic (exact) mass is 325 g/mol. The van der Waals surface area contributed by atoms with Crippen LogP contribution in [0.5, 0.6) is 0 Å². The minimum absolute atomic E-state index is 0.0866. The van der Waals surface area contributed by atoms with Crippen LogP contribution in [0.1, 0.15) is 31.2 Å². The maximum atomic E-state index is 12.1. The third-order valence-corrected chi connectivity index (χ3v) is 4.57. The molecule has 0 heterocycles. The molecule has 1 fully saturated rings. The fourth-order valence-electron chi connectivity index (χ4n) is 2.78. The molecule has 4 N–H and O–H groups in total. The van der Waals surface area contributed by atoms with E-state index in [-0.39, 0.29) is 17.9 Å². The number of benzene rings is 1. The van der Waals surface area contributed by atoms with Crippen molar-refractivity contribution < 1.29 is 13.2 Å². The standard InChI is InChI=1S/C15H23N3O3S/c1-10-6-7-12(9-14(10)18-22(2,20)21)17-15(19)8-11-4-3-5-13(11)16/h6-7,9,11,13,18H,3-5,8,16H2,1-2H3,(H,17,19)/t11-,13+/m0/s1. The maximum Gasteiger partial charge on any atom is 0.229 e. The highest BCUT2D eigenvalue weighted by Crippen LogP contribution is 2.27. The van der Waals surface area contributed by atoms with E-state index in [0.717, 1.165) is 31.1 Å². The Bertz CT molecular complexity index is 658. The molecule has 6 nitrogen and oxygen atoms in total. The minimum Gasteiger partial charge on any atom is -0.327 e. The summed E-state index contributed by atoms with van der Waals surface area (Å²) in [6, 6.07) is 5.26. The first-order valence-electron chi connectivity index (χ1n) is 7.38. The highest BCUT2D eigenvalue weighted by Gasteiger charge is 2.26. The van der Waals surface area contributed by atoms with E-state index in [1.54, 1.807) is 25.1 Å². The summed E-state index contributed by atoms with van der Waals surface area (Å²) in [5.41, 5.74) is 7.82. The number of rotatable bonds is 5. The van der Waals surface area contributed by atoms with Gasteiger partial charge in [-0.05, 0) is 43.4 Å². The van der Waals surface area contributed by atoms with Crippen molar-refractivity contribution in [1.82, 2.24) is 0 Å². The summed E-state index contributed by atoms with van der Waals surface area (Å²) in [5, 5.41) is 2.81. The lowest BCUT2D eigenvalue weighted by atomic mass is 10.00. The minimum atomic E-state index is -3.35. The fourth-order valence-corrected chi connectivity index (χ4v) is 3.40. The highest BCUT2D eigenvalue weighted by atomic mass is 32.2. The molecule has 0 aromatic heterocycles. The number of aryl methyl sites for hydroxylation is 1. The van der Waals surface area contributed by atoms with Crippen LogP contribution in [0.4, 0.5) is 11.4 Å². The number of nitrogens with two attached hydrogens (primary N) is 1. The summed E-state index contributed by atoms with van der Waals surface area (Å²) in [5.74, 6) is 0.149. The summed E-state index contributed by atoms with van der Waals surface area (Å²) in [4.78, 5) is 12.1. The zero-order valence-electron chi connectivity index (χ0n) is 12.9. The lowest BCUT2D eigenvalue weighted by Gasteiger charge is -2.15. The Morgan fingerprint density at radius 2 is 2.09 bits per heavy atom. The van der Waals surface area contributed by atoms with Crippen LogP contribution in [0.3, 0.4) is 0 Å². The van der Waals surface area contributed by atoms with Crippen LogP contribution in [-0.2, 0) is 14.8 Å². The van der Waals surface area contributed by atoms with Crippen molar-refractivity contribution >= 4 is 27.3 Å². The quantitative estimate of drug-likeness (QED) is 0.768. The Balaban J connectivity index is 2.03. The van der Waals surface area contributed by atoms with Crippen molar-refractivity contribution in [2.24, 2.45) is 11.7 Å². The van der Waals surface area contributed by atoms with Gasteiger partial charge in [0.1, 0.15) is 0 Å². The smallest absolute Gasteiger partial charge is 0.229 e. The van der Waals surface area contributed by atoms with E-state index in [4.69, 9.17) is 5.73 Å². The number of sulfonamides is 1. The number of hydrogen-bond donors (Lipinski definition) is 3. The zero-order valence-corrected chi connectivity index (χ0v) is 13.7. The van der Waals surface area contributed by atoms with E-state index >= 15 is 0 Å². The number of hydrogen-bond acceptors (Lipinski definition) is 4.